The zero-order chi connectivity index (χ0) is 9.80. The Hall–Kier alpha value is -0.760. The third kappa shape index (κ3) is 2.38. The molecule has 2 heteroatoms. The fourth-order valence-corrected chi connectivity index (χ4v) is 2.30. The summed E-state index contributed by atoms with van der Waals surface area (Å²) in [7, 11) is 0. The van der Waals surface area contributed by atoms with Crippen LogP contribution in [0, 0.1) is 5.92 Å². The fraction of sp³-hybridized carbons (Fsp3) is 0.667. The molecule has 0 bridgehead atoms. The van der Waals surface area contributed by atoms with Gasteiger partial charge in [0.1, 0.15) is 5.76 Å². The summed E-state index contributed by atoms with van der Waals surface area (Å²) in [6.07, 6.45) is 7.35. The Balaban J connectivity index is 1.74. The molecule has 1 heterocycles. The number of hydrogen-bond acceptors (Lipinski definition) is 2. The van der Waals surface area contributed by atoms with Crippen LogP contribution in [0.15, 0.2) is 22.8 Å². The van der Waals surface area contributed by atoms with E-state index in [1.54, 1.807) is 6.26 Å². The smallest absolute Gasteiger partial charge is 0.117 e. The molecule has 1 aliphatic carbocycles. The third-order valence-electron chi connectivity index (χ3n) is 3.29. The first-order valence-corrected chi connectivity index (χ1v) is 5.62. The van der Waals surface area contributed by atoms with Gasteiger partial charge in [0, 0.05) is 6.04 Å². The van der Waals surface area contributed by atoms with Crippen molar-refractivity contribution in [3.8, 4) is 0 Å². The highest BCUT2D eigenvalue weighted by Gasteiger charge is 2.20. The Labute approximate surface area is 85.7 Å². The number of furan rings is 1. The summed E-state index contributed by atoms with van der Waals surface area (Å²) in [5.41, 5.74) is 0. The van der Waals surface area contributed by atoms with Crippen molar-refractivity contribution in [1.29, 1.82) is 0 Å². The van der Waals surface area contributed by atoms with Crippen molar-refractivity contribution in [2.75, 3.05) is 0 Å². The molecule has 0 unspecified atom stereocenters. The van der Waals surface area contributed by atoms with Gasteiger partial charge in [-0.2, -0.15) is 0 Å². The number of nitrogens with one attached hydrogen (secondary N) is 1. The standard InChI is InChI=1S/C12H19NO/c1-10(11-5-2-3-6-11)13-9-12-7-4-8-14-12/h4,7-8,10-11,13H,2-3,5-6,9H2,1H3/t10-/m1/s1. The van der Waals surface area contributed by atoms with Crippen LogP contribution >= 0.6 is 0 Å². The molecule has 1 aromatic heterocycles. The normalized spacial score (nSPS) is 20.1. The molecule has 0 saturated heterocycles. The summed E-state index contributed by atoms with van der Waals surface area (Å²) in [5.74, 6) is 1.92. The Morgan fingerprint density at radius 2 is 2.29 bits per heavy atom. The van der Waals surface area contributed by atoms with Gasteiger partial charge in [0.15, 0.2) is 0 Å². The van der Waals surface area contributed by atoms with Gasteiger partial charge in [0.05, 0.1) is 12.8 Å². The van der Waals surface area contributed by atoms with Crippen molar-refractivity contribution in [3.63, 3.8) is 0 Å². The van der Waals surface area contributed by atoms with Gasteiger partial charge in [-0.1, -0.05) is 12.8 Å². The molecule has 0 aromatic carbocycles. The van der Waals surface area contributed by atoms with Crippen LogP contribution in [0.25, 0.3) is 0 Å². The Morgan fingerprint density at radius 3 is 2.93 bits per heavy atom. The van der Waals surface area contributed by atoms with E-state index >= 15 is 0 Å². The first-order valence-electron chi connectivity index (χ1n) is 5.62. The van der Waals surface area contributed by atoms with Gasteiger partial charge in [-0.25, -0.2) is 0 Å². The molecular formula is C12H19NO. The quantitative estimate of drug-likeness (QED) is 0.795. The molecule has 2 nitrogen and oxygen atoms in total. The van der Waals surface area contributed by atoms with Crippen LogP contribution in [-0.4, -0.2) is 6.04 Å². The van der Waals surface area contributed by atoms with Crippen LogP contribution < -0.4 is 5.32 Å². The van der Waals surface area contributed by atoms with Gasteiger partial charge >= 0.3 is 0 Å². The van der Waals surface area contributed by atoms with E-state index in [4.69, 9.17) is 4.42 Å². The summed E-state index contributed by atoms with van der Waals surface area (Å²) in [5, 5.41) is 3.53. The average Bonchev–Trinajstić information content (AvgIpc) is 2.87. The van der Waals surface area contributed by atoms with Gasteiger partial charge in [-0.15, -0.1) is 0 Å². The lowest BCUT2D eigenvalue weighted by molar-refractivity contribution is 0.362. The maximum atomic E-state index is 5.28. The van der Waals surface area contributed by atoms with Crippen molar-refractivity contribution >= 4 is 0 Å². The molecule has 1 aromatic rings. The lowest BCUT2D eigenvalue weighted by Crippen LogP contribution is -2.31. The largest absolute Gasteiger partial charge is 0.468 e. The van der Waals surface area contributed by atoms with Crippen molar-refractivity contribution in [3.05, 3.63) is 24.2 Å². The molecule has 78 valence electrons. The number of hydrogen-bond donors (Lipinski definition) is 1. The van der Waals surface area contributed by atoms with E-state index in [1.165, 1.54) is 25.7 Å². The van der Waals surface area contributed by atoms with Gasteiger partial charge in [-0.3, -0.25) is 0 Å². The lowest BCUT2D eigenvalue weighted by atomic mass is 10.00. The Bertz CT molecular complexity index is 249. The molecule has 1 fully saturated rings. The highest BCUT2D eigenvalue weighted by Crippen LogP contribution is 2.27. The van der Waals surface area contributed by atoms with Gasteiger partial charge in [-0.05, 0) is 37.8 Å². The predicted molar refractivity (Wildman–Crippen MR) is 57.0 cm³/mol. The second-order valence-electron chi connectivity index (χ2n) is 4.29. The van der Waals surface area contributed by atoms with Crippen molar-refractivity contribution in [2.45, 2.75) is 45.2 Å². The maximum absolute atomic E-state index is 5.28. The van der Waals surface area contributed by atoms with Crippen molar-refractivity contribution < 1.29 is 4.42 Å². The molecule has 2 rings (SSSR count). The van der Waals surface area contributed by atoms with Crippen LogP contribution in [-0.2, 0) is 6.54 Å². The summed E-state index contributed by atoms with van der Waals surface area (Å²) in [6.45, 7) is 3.16. The second kappa shape index (κ2) is 4.65. The number of rotatable bonds is 4. The van der Waals surface area contributed by atoms with Crippen molar-refractivity contribution in [1.82, 2.24) is 5.32 Å². The predicted octanol–water partition coefficient (Wildman–Crippen LogP) is 2.95. The van der Waals surface area contributed by atoms with E-state index in [0.29, 0.717) is 6.04 Å². The summed E-state index contributed by atoms with van der Waals surface area (Å²) in [4.78, 5) is 0. The van der Waals surface area contributed by atoms with Crippen LogP contribution in [0.5, 0.6) is 0 Å². The minimum Gasteiger partial charge on any atom is -0.468 e. The van der Waals surface area contributed by atoms with E-state index in [-0.39, 0.29) is 0 Å². The summed E-state index contributed by atoms with van der Waals surface area (Å²) in [6, 6.07) is 4.59. The van der Waals surface area contributed by atoms with E-state index in [2.05, 4.69) is 12.2 Å². The van der Waals surface area contributed by atoms with Gasteiger partial charge < -0.3 is 9.73 Å². The molecule has 0 aliphatic heterocycles. The van der Waals surface area contributed by atoms with Crippen LogP contribution in [0.4, 0.5) is 0 Å². The van der Waals surface area contributed by atoms with Crippen LogP contribution in [0.3, 0.4) is 0 Å². The zero-order valence-corrected chi connectivity index (χ0v) is 8.83. The van der Waals surface area contributed by atoms with E-state index in [1.807, 2.05) is 12.1 Å². The van der Waals surface area contributed by atoms with Crippen LogP contribution in [0.2, 0.25) is 0 Å². The molecule has 1 N–H and O–H groups in total. The van der Waals surface area contributed by atoms with E-state index in [0.717, 1.165) is 18.2 Å². The monoisotopic (exact) mass is 193 g/mol. The topological polar surface area (TPSA) is 25.2 Å². The summed E-state index contributed by atoms with van der Waals surface area (Å²) >= 11 is 0. The second-order valence-corrected chi connectivity index (χ2v) is 4.29. The molecule has 0 spiro atoms. The highest BCUT2D eigenvalue weighted by molar-refractivity contribution is 4.97. The third-order valence-corrected chi connectivity index (χ3v) is 3.29. The van der Waals surface area contributed by atoms with E-state index < -0.39 is 0 Å². The van der Waals surface area contributed by atoms with Gasteiger partial charge in [0.2, 0.25) is 0 Å². The molecule has 1 atom stereocenters. The molecule has 0 radical (unpaired) electrons. The SMILES string of the molecule is C[C@@H](NCc1ccco1)C1CCCC1. The van der Waals surface area contributed by atoms with Crippen molar-refractivity contribution in [2.24, 2.45) is 5.92 Å². The molecular weight excluding hydrogens is 174 g/mol. The molecule has 0 amide bonds. The minimum absolute atomic E-state index is 0.627. The molecule has 1 saturated carbocycles. The molecule has 14 heavy (non-hydrogen) atoms. The first kappa shape index (κ1) is 9.78. The Morgan fingerprint density at radius 1 is 1.50 bits per heavy atom. The average molecular weight is 193 g/mol. The first-order chi connectivity index (χ1) is 6.86. The fourth-order valence-electron chi connectivity index (χ4n) is 2.30. The minimum atomic E-state index is 0.627. The van der Waals surface area contributed by atoms with E-state index in [9.17, 15) is 0 Å². The zero-order valence-electron chi connectivity index (χ0n) is 8.83. The van der Waals surface area contributed by atoms with Crippen LogP contribution in [0.1, 0.15) is 38.4 Å². The highest BCUT2D eigenvalue weighted by atomic mass is 16.3. The Kier molecular flexibility index (Phi) is 3.25. The summed E-state index contributed by atoms with van der Waals surface area (Å²) < 4.78 is 5.28. The lowest BCUT2D eigenvalue weighted by Gasteiger charge is -2.19. The maximum Gasteiger partial charge on any atom is 0.117 e. The van der Waals surface area contributed by atoms with Gasteiger partial charge in [0.25, 0.3) is 0 Å². The molecule has 1 aliphatic rings.